The van der Waals surface area contributed by atoms with E-state index in [0.717, 1.165) is 43.0 Å². The Hall–Kier alpha value is -1.56. The summed E-state index contributed by atoms with van der Waals surface area (Å²) in [5.74, 6) is 1.45. The summed E-state index contributed by atoms with van der Waals surface area (Å²) < 4.78 is 17.5. The predicted octanol–water partition coefficient (Wildman–Crippen LogP) is 1.99. The van der Waals surface area contributed by atoms with Gasteiger partial charge in [-0.2, -0.15) is 0 Å². The lowest BCUT2D eigenvalue weighted by atomic mass is 10.2. The fourth-order valence-corrected chi connectivity index (χ4v) is 2.71. The molecule has 0 radical (unpaired) electrons. The molecule has 2 N–H and O–H groups in total. The van der Waals surface area contributed by atoms with E-state index in [2.05, 4.69) is 11.8 Å². The van der Waals surface area contributed by atoms with Crippen molar-refractivity contribution < 1.29 is 13.9 Å². The average Bonchev–Trinajstić information content (AvgIpc) is 2.91. The molecule has 5 nitrogen and oxygen atoms in total. The molecule has 0 bridgehead atoms. The Morgan fingerprint density at radius 2 is 2.24 bits per heavy atom. The summed E-state index contributed by atoms with van der Waals surface area (Å²) in [4.78, 5) is 2.37. The first kappa shape index (κ1) is 14.4. The highest BCUT2D eigenvalue weighted by Crippen LogP contribution is 2.33. The van der Waals surface area contributed by atoms with Gasteiger partial charge >= 0.3 is 0 Å². The Bertz CT molecular complexity index is 596. The number of ether oxygens (including phenoxy) is 2. The molecule has 2 heterocycles. The Kier molecular flexibility index (Phi) is 4.43. The third kappa shape index (κ3) is 3.05. The summed E-state index contributed by atoms with van der Waals surface area (Å²) in [6.07, 6.45) is 0.0954. The Morgan fingerprint density at radius 1 is 1.38 bits per heavy atom. The Balaban J connectivity index is 1.72. The van der Waals surface area contributed by atoms with Crippen molar-refractivity contribution in [2.24, 2.45) is 5.73 Å². The maximum atomic E-state index is 5.99. The van der Waals surface area contributed by atoms with E-state index in [0.29, 0.717) is 18.9 Å². The number of benzene rings is 1. The fourth-order valence-electron chi connectivity index (χ4n) is 2.71. The molecule has 114 valence electrons. The minimum atomic E-state index is 0.0954. The fraction of sp³-hybridized carbons (Fsp3) is 0.500. The summed E-state index contributed by atoms with van der Waals surface area (Å²) in [7, 11) is 0. The lowest BCUT2D eigenvalue weighted by Gasteiger charge is -2.31. The number of hydrogen-bond donors (Lipinski definition) is 1. The number of nitrogens with two attached hydrogens (primary N) is 1. The van der Waals surface area contributed by atoms with Gasteiger partial charge in [0.25, 0.3) is 0 Å². The largest absolute Gasteiger partial charge is 0.486 e. The van der Waals surface area contributed by atoms with Gasteiger partial charge < -0.3 is 19.6 Å². The van der Waals surface area contributed by atoms with Crippen molar-refractivity contribution in [3.63, 3.8) is 0 Å². The van der Waals surface area contributed by atoms with Gasteiger partial charge in [-0.05, 0) is 18.7 Å². The van der Waals surface area contributed by atoms with E-state index >= 15 is 0 Å². The van der Waals surface area contributed by atoms with Crippen LogP contribution in [-0.2, 0) is 11.3 Å². The van der Waals surface area contributed by atoms with Crippen LogP contribution in [0.2, 0.25) is 0 Å². The van der Waals surface area contributed by atoms with Crippen LogP contribution in [0, 0.1) is 0 Å². The SMILES string of the molecule is CCN1CCOC(COc2c(CN)oc3ccccc23)C1. The second kappa shape index (κ2) is 6.47. The second-order valence-corrected chi connectivity index (χ2v) is 5.25. The first-order chi connectivity index (χ1) is 10.3. The first-order valence-electron chi connectivity index (χ1n) is 7.49. The van der Waals surface area contributed by atoms with Gasteiger partial charge in [0.2, 0.25) is 0 Å². The second-order valence-electron chi connectivity index (χ2n) is 5.25. The van der Waals surface area contributed by atoms with E-state index < -0.39 is 0 Å². The van der Waals surface area contributed by atoms with Gasteiger partial charge in [0, 0.05) is 13.1 Å². The number of rotatable bonds is 5. The predicted molar refractivity (Wildman–Crippen MR) is 81.5 cm³/mol. The smallest absolute Gasteiger partial charge is 0.169 e. The molecule has 1 unspecified atom stereocenters. The summed E-state index contributed by atoms with van der Waals surface area (Å²) in [6.45, 7) is 6.73. The zero-order chi connectivity index (χ0) is 14.7. The number of likely N-dealkylation sites (N-methyl/N-ethyl adjacent to an activating group) is 1. The van der Waals surface area contributed by atoms with Crippen molar-refractivity contribution in [3.05, 3.63) is 30.0 Å². The van der Waals surface area contributed by atoms with E-state index in [1.165, 1.54) is 0 Å². The van der Waals surface area contributed by atoms with Gasteiger partial charge in [-0.15, -0.1) is 0 Å². The van der Waals surface area contributed by atoms with Gasteiger partial charge in [0.15, 0.2) is 11.5 Å². The van der Waals surface area contributed by atoms with Crippen molar-refractivity contribution in [1.82, 2.24) is 4.90 Å². The van der Waals surface area contributed by atoms with Crippen molar-refractivity contribution in [1.29, 1.82) is 0 Å². The number of fused-ring (bicyclic) bond motifs is 1. The molecule has 1 atom stereocenters. The van der Waals surface area contributed by atoms with Gasteiger partial charge in [0.05, 0.1) is 18.5 Å². The Morgan fingerprint density at radius 3 is 3.05 bits per heavy atom. The topological polar surface area (TPSA) is 60.9 Å². The average molecular weight is 290 g/mol. The molecule has 21 heavy (non-hydrogen) atoms. The summed E-state index contributed by atoms with van der Waals surface area (Å²) >= 11 is 0. The molecule has 3 rings (SSSR count). The molecule has 1 aliphatic rings. The maximum Gasteiger partial charge on any atom is 0.169 e. The molecule has 1 saturated heterocycles. The summed E-state index contributed by atoms with van der Waals surface area (Å²) in [6, 6.07) is 7.84. The van der Waals surface area contributed by atoms with Gasteiger partial charge in [-0.25, -0.2) is 0 Å². The van der Waals surface area contributed by atoms with Gasteiger partial charge in [0.1, 0.15) is 18.3 Å². The lowest BCUT2D eigenvalue weighted by Crippen LogP contribution is -2.44. The molecule has 1 fully saturated rings. The lowest BCUT2D eigenvalue weighted by molar-refractivity contribution is -0.0464. The molecule has 2 aromatic rings. The monoisotopic (exact) mass is 290 g/mol. The zero-order valence-corrected chi connectivity index (χ0v) is 12.4. The molecule has 1 aliphatic heterocycles. The standard InChI is InChI=1S/C16H22N2O3/c1-2-18-7-8-19-12(10-18)11-20-16-13-5-3-4-6-14(13)21-15(16)9-17/h3-6,12H,2,7-11,17H2,1H3. The Labute approximate surface area is 124 Å². The molecule has 0 saturated carbocycles. The van der Waals surface area contributed by atoms with Crippen LogP contribution in [0.4, 0.5) is 0 Å². The molecule has 5 heteroatoms. The highest BCUT2D eigenvalue weighted by atomic mass is 16.5. The van der Waals surface area contributed by atoms with E-state index in [1.807, 2.05) is 24.3 Å². The van der Waals surface area contributed by atoms with Crippen molar-refractivity contribution in [2.75, 3.05) is 32.8 Å². The minimum absolute atomic E-state index is 0.0954. The zero-order valence-electron chi connectivity index (χ0n) is 12.4. The van der Waals surface area contributed by atoms with Crippen LogP contribution < -0.4 is 10.5 Å². The normalized spacial score (nSPS) is 20.0. The van der Waals surface area contributed by atoms with Crippen LogP contribution in [0.25, 0.3) is 11.0 Å². The van der Waals surface area contributed by atoms with E-state index in [4.69, 9.17) is 19.6 Å². The molecule has 1 aromatic carbocycles. The maximum absolute atomic E-state index is 5.99. The summed E-state index contributed by atoms with van der Waals surface area (Å²) in [5.41, 5.74) is 6.57. The number of morpholine rings is 1. The third-order valence-corrected chi connectivity index (χ3v) is 3.89. The molecule has 0 aliphatic carbocycles. The van der Waals surface area contributed by atoms with Crippen LogP contribution in [0.5, 0.6) is 5.75 Å². The van der Waals surface area contributed by atoms with Crippen molar-refractivity contribution >= 4 is 11.0 Å². The van der Waals surface area contributed by atoms with Crippen molar-refractivity contribution in [2.45, 2.75) is 19.6 Å². The van der Waals surface area contributed by atoms with Crippen LogP contribution in [0.3, 0.4) is 0 Å². The van der Waals surface area contributed by atoms with Crippen LogP contribution >= 0.6 is 0 Å². The quantitative estimate of drug-likeness (QED) is 0.912. The number of nitrogens with zero attached hydrogens (tertiary/aromatic N) is 1. The minimum Gasteiger partial charge on any atom is -0.486 e. The third-order valence-electron chi connectivity index (χ3n) is 3.89. The highest BCUT2D eigenvalue weighted by Gasteiger charge is 2.21. The van der Waals surface area contributed by atoms with Crippen molar-refractivity contribution in [3.8, 4) is 5.75 Å². The van der Waals surface area contributed by atoms with Crippen LogP contribution in [-0.4, -0.2) is 43.9 Å². The molecular formula is C16H22N2O3. The number of furan rings is 1. The molecule has 1 aromatic heterocycles. The first-order valence-corrected chi connectivity index (χ1v) is 7.49. The number of hydrogen-bond acceptors (Lipinski definition) is 5. The van der Waals surface area contributed by atoms with Crippen LogP contribution in [0.1, 0.15) is 12.7 Å². The highest BCUT2D eigenvalue weighted by molar-refractivity contribution is 5.85. The number of para-hydroxylation sites is 1. The molecule has 0 spiro atoms. The van der Waals surface area contributed by atoms with Gasteiger partial charge in [-0.3, -0.25) is 4.90 Å². The van der Waals surface area contributed by atoms with E-state index in [-0.39, 0.29) is 6.10 Å². The van der Waals surface area contributed by atoms with E-state index in [9.17, 15) is 0 Å². The van der Waals surface area contributed by atoms with Crippen LogP contribution in [0.15, 0.2) is 28.7 Å². The van der Waals surface area contributed by atoms with E-state index in [1.54, 1.807) is 0 Å². The summed E-state index contributed by atoms with van der Waals surface area (Å²) in [5, 5.41) is 0.973. The van der Waals surface area contributed by atoms with Gasteiger partial charge in [-0.1, -0.05) is 19.1 Å². The molecular weight excluding hydrogens is 268 g/mol. The molecule has 0 amide bonds.